The second-order valence-electron chi connectivity index (χ2n) is 8.99. The zero-order valence-corrected chi connectivity index (χ0v) is 21.1. The van der Waals surface area contributed by atoms with E-state index in [-0.39, 0.29) is 17.8 Å². The molecule has 0 radical (unpaired) electrons. The maximum absolute atomic E-state index is 13.2. The van der Waals surface area contributed by atoms with Crippen LogP contribution in [0.5, 0.6) is 0 Å². The van der Waals surface area contributed by atoms with Gasteiger partial charge in [-0.25, -0.2) is 4.79 Å². The van der Waals surface area contributed by atoms with Crippen molar-refractivity contribution in [2.24, 2.45) is 5.92 Å². The van der Waals surface area contributed by atoms with Gasteiger partial charge in [0.1, 0.15) is 5.00 Å². The van der Waals surface area contributed by atoms with Gasteiger partial charge < -0.3 is 14.6 Å². The highest BCUT2D eigenvalue weighted by molar-refractivity contribution is 7.17. The van der Waals surface area contributed by atoms with Crippen LogP contribution in [0.15, 0.2) is 28.8 Å². The summed E-state index contributed by atoms with van der Waals surface area (Å²) in [6.45, 7) is 1.91. The fraction of sp³-hybridized carbons (Fsp3) is 0.440. The van der Waals surface area contributed by atoms with Crippen LogP contribution in [0.25, 0.3) is 11.4 Å². The van der Waals surface area contributed by atoms with E-state index in [1.165, 1.54) is 23.3 Å². The molecule has 184 valence electrons. The standard InChI is InChI=1S/C25H27ClN4O4S/c1-33-25(32)21-18-6-2-3-7-19(18)35-24(21)28-23(31)16-5-4-12-30(13-16)14-20-27-22(29-34-20)15-8-10-17(26)11-9-15/h8-11,16H,2-7,12-14H2,1H3,(H,28,31). The number of hydrogen-bond acceptors (Lipinski definition) is 8. The van der Waals surface area contributed by atoms with Gasteiger partial charge in [0, 0.05) is 22.0 Å². The number of ether oxygens (including phenoxy) is 1. The maximum Gasteiger partial charge on any atom is 0.341 e. The van der Waals surface area contributed by atoms with Crippen LogP contribution in [-0.4, -0.2) is 47.1 Å². The van der Waals surface area contributed by atoms with Crippen molar-refractivity contribution in [3.8, 4) is 11.4 Å². The van der Waals surface area contributed by atoms with Crippen molar-refractivity contribution in [1.82, 2.24) is 15.0 Å². The molecule has 35 heavy (non-hydrogen) atoms. The Balaban J connectivity index is 1.24. The van der Waals surface area contributed by atoms with Crippen molar-refractivity contribution in [2.75, 3.05) is 25.5 Å². The highest BCUT2D eigenvalue weighted by Crippen LogP contribution is 2.39. The van der Waals surface area contributed by atoms with E-state index in [1.54, 1.807) is 12.1 Å². The molecular weight excluding hydrogens is 488 g/mol. The van der Waals surface area contributed by atoms with Crippen LogP contribution in [0, 0.1) is 5.92 Å². The first-order valence-corrected chi connectivity index (χ1v) is 13.1. The number of rotatable bonds is 6. The Morgan fingerprint density at radius 2 is 2.03 bits per heavy atom. The predicted octanol–water partition coefficient (Wildman–Crippen LogP) is 4.97. The molecule has 8 nitrogen and oxygen atoms in total. The number of nitrogens with one attached hydrogen (secondary N) is 1. The molecule has 1 aliphatic carbocycles. The number of piperidine rings is 1. The van der Waals surface area contributed by atoms with Crippen LogP contribution in [0.3, 0.4) is 0 Å². The minimum absolute atomic E-state index is 0.0640. The van der Waals surface area contributed by atoms with E-state index < -0.39 is 0 Å². The molecule has 0 saturated carbocycles. The Morgan fingerprint density at radius 3 is 2.83 bits per heavy atom. The summed E-state index contributed by atoms with van der Waals surface area (Å²) in [5.74, 6) is 0.394. The number of fused-ring (bicyclic) bond motifs is 1. The summed E-state index contributed by atoms with van der Waals surface area (Å²) in [5.41, 5.74) is 2.41. The summed E-state index contributed by atoms with van der Waals surface area (Å²) < 4.78 is 10.5. The summed E-state index contributed by atoms with van der Waals surface area (Å²) in [6.07, 6.45) is 5.63. The van der Waals surface area contributed by atoms with Crippen LogP contribution in [0.4, 0.5) is 5.00 Å². The number of halogens is 1. The first-order valence-electron chi connectivity index (χ1n) is 11.9. The lowest BCUT2D eigenvalue weighted by Crippen LogP contribution is -2.40. The molecule has 1 aliphatic heterocycles. The molecule has 3 heterocycles. The Kier molecular flexibility index (Phi) is 7.17. The van der Waals surface area contributed by atoms with E-state index in [9.17, 15) is 9.59 Å². The molecule has 2 aliphatic rings. The van der Waals surface area contributed by atoms with E-state index in [0.717, 1.165) is 56.2 Å². The maximum atomic E-state index is 13.2. The van der Waals surface area contributed by atoms with Gasteiger partial charge in [-0.2, -0.15) is 4.98 Å². The molecule has 1 saturated heterocycles. The van der Waals surface area contributed by atoms with Crippen molar-refractivity contribution >= 4 is 39.8 Å². The van der Waals surface area contributed by atoms with Crippen molar-refractivity contribution < 1.29 is 18.8 Å². The number of amides is 1. The van der Waals surface area contributed by atoms with E-state index in [1.807, 2.05) is 12.1 Å². The largest absolute Gasteiger partial charge is 0.465 e. The number of esters is 1. The monoisotopic (exact) mass is 514 g/mol. The zero-order chi connectivity index (χ0) is 24.4. The number of anilines is 1. The van der Waals surface area contributed by atoms with Crippen LogP contribution < -0.4 is 5.32 Å². The van der Waals surface area contributed by atoms with Gasteiger partial charge in [0.2, 0.25) is 17.6 Å². The van der Waals surface area contributed by atoms with E-state index in [0.29, 0.717) is 40.4 Å². The molecule has 10 heteroatoms. The van der Waals surface area contributed by atoms with Crippen LogP contribution in [-0.2, 0) is 28.9 Å². The minimum Gasteiger partial charge on any atom is -0.465 e. The Labute approximate surface area is 212 Å². The predicted molar refractivity (Wildman–Crippen MR) is 134 cm³/mol. The number of aromatic nitrogens is 2. The quantitative estimate of drug-likeness (QED) is 0.464. The van der Waals surface area contributed by atoms with E-state index >= 15 is 0 Å². The van der Waals surface area contributed by atoms with Crippen molar-refractivity contribution in [2.45, 2.75) is 45.1 Å². The number of carbonyl (C=O) groups excluding carboxylic acids is 2. The fourth-order valence-electron chi connectivity index (χ4n) is 4.83. The Morgan fingerprint density at radius 1 is 1.23 bits per heavy atom. The Bertz CT molecular complexity index is 1220. The summed E-state index contributed by atoms with van der Waals surface area (Å²) in [5, 5.41) is 8.41. The second-order valence-corrected chi connectivity index (χ2v) is 10.5. The number of likely N-dealkylation sites (tertiary alicyclic amines) is 1. The van der Waals surface area contributed by atoms with Crippen molar-refractivity contribution in [1.29, 1.82) is 0 Å². The highest BCUT2D eigenvalue weighted by Gasteiger charge is 2.31. The number of carbonyl (C=O) groups is 2. The number of aryl methyl sites for hydroxylation is 1. The van der Waals surface area contributed by atoms with Gasteiger partial charge in [-0.05, 0) is 74.9 Å². The third-order valence-corrected chi connectivity index (χ3v) is 8.06. The number of nitrogens with zero attached hydrogens (tertiary/aromatic N) is 3. The van der Waals surface area contributed by atoms with E-state index in [2.05, 4.69) is 20.4 Å². The third kappa shape index (κ3) is 5.27. The SMILES string of the molecule is COC(=O)c1c(NC(=O)C2CCCN(Cc3nc(-c4ccc(Cl)cc4)no3)C2)sc2c1CCCC2. The lowest BCUT2D eigenvalue weighted by atomic mass is 9.95. The van der Waals surface area contributed by atoms with Gasteiger partial charge in [0.15, 0.2) is 0 Å². The molecule has 5 rings (SSSR count). The third-order valence-electron chi connectivity index (χ3n) is 6.60. The van der Waals surface area contributed by atoms with Crippen LogP contribution >= 0.6 is 22.9 Å². The molecule has 2 aromatic heterocycles. The van der Waals surface area contributed by atoms with Gasteiger partial charge in [-0.15, -0.1) is 11.3 Å². The second kappa shape index (κ2) is 10.5. The normalized spacial score (nSPS) is 18.2. The van der Waals surface area contributed by atoms with Gasteiger partial charge in [0.25, 0.3) is 0 Å². The number of methoxy groups -OCH3 is 1. The minimum atomic E-state index is -0.377. The topological polar surface area (TPSA) is 97.6 Å². The average Bonchev–Trinajstić information content (AvgIpc) is 3.48. The van der Waals surface area contributed by atoms with Crippen LogP contribution in [0.1, 0.15) is 52.4 Å². The molecule has 0 spiro atoms. The Hall–Kier alpha value is -2.75. The van der Waals surface area contributed by atoms with Gasteiger partial charge in [-0.3, -0.25) is 9.69 Å². The molecule has 0 bridgehead atoms. The van der Waals surface area contributed by atoms with Gasteiger partial charge in [-0.1, -0.05) is 16.8 Å². The average molecular weight is 515 g/mol. The highest BCUT2D eigenvalue weighted by atomic mass is 35.5. The lowest BCUT2D eigenvalue weighted by molar-refractivity contribution is -0.121. The molecule has 1 atom stereocenters. The van der Waals surface area contributed by atoms with Crippen LogP contribution in [0.2, 0.25) is 5.02 Å². The number of benzene rings is 1. The summed E-state index contributed by atoms with van der Waals surface area (Å²) in [6, 6.07) is 7.28. The van der Waals surface area contributed by atoms with Crippen molar-refractivity contribution in [3.63, 3.8) is 0 Å². The van der Waals surface area contributed by atoms with Crippen molar-refractivity contribution in [3.05, 3.63) is 51.2 Å². The number of thiophene rings is 1. The first kappa shape index (κ1) is 24.0. The molecule has 1 fully saturated rings. The van der Waals surface area contributed by atoms with E-state index in [4.69, 9.17) is 20.9 Å². The molecule has 1 N–H and O–H groups in total. The summed E-state index contributed by atoms with van der Waals surface area (Å²) in [4.78, 5) is 33.6. The molecule has 1 aromatic carbocycles. The smallest absolute Gasteiger partial charge is 0.341 e. The molecule has 3 aromatic rings. The lowest BCUT2D eigenvalue weighted by Gasteiger charge is -2.30. The number of hydrogen-bond donors (Lipinski definition) is 1. The molecular formula is C25H27ClN4O4S. The first-order chi connectivity index (χ1) is 17.0. The summed E-state index contributed by atoms with van der Waals surface area (Å²) in [7, 11) is 1.38. The zero-order valence-electron chi connectivity index (χ0n) is 19.5. The molecule has 1 amide bonds. The molecule has 1 unspecified atom stereocenters. The fourth-order valence-corrected chi connectivity index (χ4v) is 6.23. The van der Waals surface area contributed by atoms with Gasteiger partial charge in [0.05, 0.1) is 25.1 Å². The summed E-state index contributed by atoms with van der Waals surface area (Å²) >= 11 is 7.47. The van der Waals surface area contributed by atoms with Gasteiger partial charge >= 0.3 is 5.97 Å².